The van der Waals surface area contributed by atoms with E-state index in [1.807, 2.05) is 31.3 Å². The number of likely N-dealkylation sites (tertiary alicyclic amines) is 1. The summed E-state index contributed by atoms with van der Waals surface area (Å²) in [5.41, 5.74) is 1.10. The van der Waals surface area contributed by atoms with Gasteiger partial charge in [-0.15, -0.1) is 0 Å². The zero-order valence-electron chi connectivity index (χ0n) is 11.2. The first-order valence-electron chi connectivity index (χ1n) is 6.19. The molecule has 4 heteroatoms. The van der Waals surface area contributed by atoms with Crippen molar-refractivity contribution in [2.45, 2.75) is 18.1 Å². The predicted molar refractivity (Wildman–Crippen MR) is 70.0 cm³/mol. The highest BCUT2D eigenvalue weighted by molar-refractivity contribution is 5.31. The summed E-state index contributed by atoms with van der Waals surface area (Å²) in [6, 6.07) is 7.86. The van der Waals surface area contributed by atoms with Gasteiger partial charge in [-0.05, 0) is 24.7 Å². The van der Waals surface area contributed by atoms with Crippen LogP contribution >= 0.6 is 0 Å². The summed E-state index contributed by atoms with van der Waals surface area (Å²) in [6.07, 6.45) is -0.380. The van der Waals surface area contributed by atoms with Crippen molar-refractivity contribution in [1.82, 2.24) is 4.90 Å². The molecule has 1 fully saturated rings. The predicted octanol–water partition coefficient (Wildman–Crippen LogP) is 1.10. The molecule has 0 radical (unpaired) electrons. The van der Waals surface area contributed by atoms with Gasteiger partial charge < -0.3 is 19.5 Å². The van der Waals surface area contributed by atoms with E-state index < -0.39 is 6.10 Å². The monoisotopic (exact) mass is 251 g/mol. The SMILES string of the molecule is COc1ccc(C2C(O)CN(C)CC2OC)cc1. The number of likely N-dealkylation sites (N-methyl/N-ethyl adjacent to an activating group) is 1. The molecule has 18 heavy (non-hydrogen) atoms. The van der Waals surface area contributed by atoms with Crippen LogP contribution < -0.4 is 4.74 Å². The molecule has 0 saturated carbocycles. The lowest BCUT2D eigenvalue weighted by atomic mass is 9.85. The van der Waals surface area contributed by atoms with Gasteiger partial charge in [0.1, 0.15) is 5.75 Å². The summed E-state index contributed by atoms with van der Waals surface area (Å²) in [7, 11) is 5.35. The van der Waals surface area contributed by atoms with Gasteiger partial charge in [0.05, 0.1) is 19.3 Å². The smallest absolute Gasteiger partial charge is 0.118 e. The molecule has 3 atom stereocenters. The van der Waals surface area contributed by atoms with Crippen LogP contribution in [0.4, 0.5) is 0 Å². The number of β-amino-alcohol motifs (C(OH)–C–C–N with tert-alkyl or cyclic N) is 1. The molecule has 0 amide bonds. The Kier molecular flexibility index (Phi) is 4.22. The highest BCUT2D eigenvalue weighted by Gasteiger charge is 2.35. The van der Waals surface area contributed by atoms with E-state index in [1.165, 1.54) is 0 Å². The number of aliphatic hydroxyl groups is 1. The number of methoxy groups -OCH3 is 2. The molecule has 0 aliphatic carbocycles. The molecule has 3 unspecified atom stereocenters. The summed E-state index contributed by atoms with van der Waals surface area (Å²) in [5.74, 6) is 0.854. The number of hydrogen-bond donors (Lipinski definition) is 1. The lowest BCUT2D eigenvalue weighted by molar-refractivity contribution is -0.0411. The number of ether oxygens (including phenoxy) is 2. The van der Waals surface area contributed by atoms with Crippen LogP contribution in [0.15, 0.2) is 24.3 Å². The lowest BCUT2D eigenvalue weighted by Gasteiger charge is -2.39. The van der Waals surface area contributed by atoms with Crippen molar-refractivity contribution in [2.75, 3.05) is 34.4 Å². The minimum atomic E-state index is -0.401. The van der Waals surface area contributed by atoms with E-state index in [-0.39, 0.29) is 12.0 Å². The third kappa shape index (κ3) is 2.66. The second-order valence-electron chi connectivity index (χ2n) is 4.86. The van der Waals surface area contributed by atoms with Crippen LogP contribution in [0.2, 0.25) is 0 Å². The summed E-state index contributed by atoms with van der Waals surface area (Å²) < 4.78 is 10.7. The maximum Gasteiger partial charge on any atom is 0.118 e. The Morgan fingerprint density at radius 2 is 1.83 bits per heavy atom. The third-order valence-electron chi connectivity index (χ3n) is 3.61. The highest BCUT2D eigenvalue weighted by atomic mass is 16.5. The van der Waals surface area contributed by atoms with Crippen molar-refractivity contribution in [3.8, 4) is 5.75 Å². The van der Waals surface area contributed by atoms with Crippen molar-refractivity contribution < 1.29 is 14.6 Å². The van der Waals surface area contributed by atoms with Gasteiger partial charge in [-0.2, -0.15) is 0 Å². The van der Waals surface area contributed by atoms with Gasteiger partial charge in [-0.1, -0.05) is 12.1 Å². The van der Waals surface area contributed by atoms with Gasteiger partial charge in [0.15, 0.2) is 0 Å². The van der Waals surface area contributed by atoms with Crippen LogP contribution in [0, 0.1) is 0 Å². The molecular formula is C14H21NO3. The van der Waals surface area contributed by atoms with Crippen LogP contribution in [0.3, 0.4) is 0 Å². The first-order chi connectivity index (χ1) is 8.65. The Labute approximate surface area is 108 Å². The molecule has 1 aliphatic heterocycles. The van der Waals surface area contributed by atoms with E-state index >= 15 is 0 Å². The summed E-state index contributed by atoms with van der Waals surface area (Å²) in [6.45, 7) is 1.51. The van der Waals surface area contributed by atoms with Crippen molar-refractivity contribution in [3.63, 3.8) is 0 Å². The fourth-order valence-electron chi connectivity index (χ4n) is 2.66. The minimum Gasteiger partial charge on any atom is -0.497 e. The number of aliphatic hydroxyl groups excluding tert-OH is 1. The molecule has 4 nitrogen and oxygen atoms in total. The van der Waals surface area contributed by atoms with E-state index in [0.717, 1.165) is 17.9 Å². The van der Waals surface area contributed by atoms with Crippen molar-refractivity contribution in [2.24, 2.45) is 0 Å². The maximum absolute atomic E-state index is 10.3. The summed E-state index contributed by atoms with van der Waals surface area (Å²) in [5, 5.41) is 10.3. The molecule has 0 aromatic heterocycles. The number of piperidine rings is 1. The number of rotatable bonds is 3. The Hall–Kier alpha value is -1.10. The van der Waals surface area contributed by atoms with Crippen LogP contribution in [0.5, 0.6) is 5.75 Å². The third-order valence-corrected chi connectivity index (χ3v) is 3.61. The zero-order chi connectivity index (χ0) is 13.1. The molecular weight excluding hydrogens is 230 g/mol. The van der Waals surface area contributed by atoms with E-state index in [2.05, 4.69) is 4.90 Å². The van der Waals surface area contributed by atoms with Crippen LogP contribution in [0.1, 0.15) is 11.5 Å². The molecule has 100 valence electrons. The molecule has 0 spiro atoms. The van der Waals surface area contributed by atoms with Crippen LogP contribution in [-0.2, 0) is 4.74 Å². The van der Waals surface area contributed by atoms with Crippen molar-refractivity contribution >= 4 is 0 Å². The Morgan fingerprint density at radius 1 is 1.17 bits per heavy atom. The van der Waals surface area contributed by atoms with Crippen LogP contribution in [-0.4, -0.2) is 56.6 Å². The second-order valence-corrected chi connectivity index (χ2v) is 4.86. The maximum atomic E-state index is 10.3. The lowest BCUT2D eigenvalue weighted by Crippen LogP contribution is -2.49. The molecule has 1 aromatic rings. The molecule has 0 bridgehead atoms. The topological polar surface area (TPSA) is 41.9 Å². The first-order valence-corrected chi connectivity index (χ1v) is 6.19. The van der Waals surface area contributed by atoms with Gasteiger partial charge in [0, 0.05) is 26.1 Å². The van der Waals surface area contributed by atoms with Gasteiger partial charge in [-0.25, -0.2) is 0 Å². The van der Waals surface area contributed by atoms with Gasteiger partial charge in [0.25, 0.3) is 0 Å². The average Bonchev–Trinajstić information content (AvgIpc) is 2.38. The standard InChI is InChI=1S/C14H21NO3/c1-15-8-12(16)14(13(9-15)18-3)10-4-6-11(17-2)7-5-10/h4-7,12-14,16H,8-9H2,1-3H3. The molecule has 1 N–H and O–H groups in total. The quantitative estimate of drug-likeness (QED) is 0.873. The minimum absolute atomic E-state index is 0.0205. The Bertz CT molecular complexity index is 379. The summed E-state index contributed by atoms with van der Waals surface area (Å²) >= 11 is 0. The molecule has 2 rings (SSSR count). The molecule has 1 aliphatic rings. The summed E-state index contributed by atoms with van der Waals surface area (Å²) in [4.78, 5) is 2.10. The molecule has 1 saturated heterocycles. The van der Waals surface area contributed by atoms with E-state index in [9.17, 15) is 5.11 Å². The number of hydrogen-bond acceptors (Lipinski definition) is 4. The van der Waals surface area contributed by atoms with E-state index in [4.69, 9.17) is 9.47 Å². The number of benzene rings is 1. The van der Waals surface area contributed by atoms with E-state index in [0.29, 0.717) is 6.54 Å². The fraction of sp³-hybridized carbons (Fsp3) is 0.571. The molecule has 1 heterocycles. The Balaban J connectivity index is 2.22. The average molecular weight is 251 g/mol. The zero-order valence-corrected chi connectivity index (χ0v) is 11.2. The van der Waals surface area contributed by atoms with Gasteiger partial charge in [0.2, 0.25) is 0 Å². The van der Waals surface area contributed by atoms with Gasteiger partial charge >= 0.3 is 0 Å². The van der Waals surface area contributed by atoms with Gasteiger partial charge in [-0.3, -0.25) is 0 Å². The molecule has 1 aromatic carbocycles. The second kappa shape index (κ2) is 5.69. The number of nitrogens with zero attached hydrogens (tertiary/aromatic N) is 1. The van der Waals surface area contributed by atoms with Crippen LogP contribution in [0.25, 0.3) is 0 Å². The largest absolute Gasteiger partial charge is 0.497 e. The van der Waals surface area contributed by atoms with Crippen molar-refractivity contribution in [3.05, 3.63) is 29.8 Å². The highest BCUT2D eigenvalue weighted by Crippen LogP contribution is 2.31. The van der Waals surface area contributed by atoms with Crippen molar-refractivity contribution in [1.29, 1.82) is 0 Å². The Morgan fingerprint density at radius 3 is 2.39 bits per heavy atom. The van der Waals surface area contributed by atoms with E-state index in [1.54, 1.807) is 14.2 Å². The normalized spacial score (nSPS) is 29.2. The first kappa shape index (κ1) is 13.3. The fourth-order valence-corrected chi connectivity index (χ4v) is 2.66.